The van der Waals surface area contributed by atoms with Crippen LogP contribution < -0.4 is 0 Å². The summed E-state index contributed by atoms with van der Waals surface area (Å²) in [6.45, 7) is 5.49. The maximum absolute atomic E-state index is 12.0. The van der Waals surface area contributed by atoms with Gasteiger partial charge in [-0.1, -0.05) is 6.58 Å². The largest absolute Gasteiger partial charge is 0.454 e. The van der Waals surface area contributed by atoms with Crippen molar-refractivity contribution >= 4 is 11.9 Å². The average Bonchev–Trinajstić information content (AvgIpc) is 3.06. The van der Waals surface area contributed by atoms with Crippen LogP contribution in [-0.4, -0.2) is 47.6 Å². The highest BCUT2D eigenvalue weighted by atomic mass is 16.6. The lowest BCUT2D eigenvalue weighted by Crippen LogP contribution is -2.29. The van der Waals surface area contributed by atoms with E-state index >= 15 is 0 Å². The number of fused-ring (bicyclic) bond motifs is 5. The minimum Gasteiger partial charge on any atom is -0.454 e. The van der Waals surface area contributed by atoms with Crippen LogP contribution in [0.3, 0.4) is 0 Å². The van der Waals surface area contributed by atoms with Crippen LogP contribution in [0.4, 0.5) is 0 Å². The Morgan fingerprint density at radius 2 is 1.81 bits per heavy atom. The molecule has 2 bridgehead atoms. The van der Waals surface area contributed by atoms with Gasteiger partial charge < -0.3 is 19.3 Å². The first-order chi connectivity index (χ1) is 9.97. The van der Waals surface area contributed by atoms with Gasteiger partial charge in [0.1, 0.15) is 30.5 Å². The Hall–Kier alpha value is -1.92. The Morgan fingerprint density at radius 1 is 1.14 bits per heavy atom. The number of ether oxygens (including phenoxy) is 3. The molecule has 110 valence electrons. The van der Waals surface area contributed by atoms with Gasteiger partial charge in [0.2, 0.25) is 0 Å². The predicted octanol–water partition coefficient (Wildman–Crippen LogP) is 0.0242. The molecule has 0 aromatic carbocycles. The van der Waals surface area contributed by atoms with E-state index in [1.165, 1.54) is 0 Å². The summed E-state index contributed by atoms with van der Waals surface area (Å²) >= 11 is 0. The van der Waals surface area contributed by atoms with Gasteiger partial charge in [-0.05, 0) is 24.6 Å². The smallest absolute Gasteiger partial charge is 0.337 e. The number of aliphatic hydroxyl groups is 1. The van der Waals surface area contributed by atoms with Crippen molar-refractivity contribution in [3.8, 4) is 0 Å². The maximum Gasteiger partial charge on any atom is 0.337 e. The van der Waals surface area contributed by atoms with Crippen molar-refractivity contribution in [2.75, 3.05) is 0 Å². The molecule has 0 aromatic heterocycles. The molecule has 6 atom stereocenters. The molecule has 1 N–H and O–H groups in total. The normalized spacial score (nSPS) is 46.7. The van der Waals surface area contributed by atoms with Gasteiger partial charge in [0, 0.05) is 5.57 Å². The molecule has 6 heteroatoms. The van der Waals surface area contributed by atoms with E-state index in [2.05, 4.69) is 6.58 Å². The van der Waals surface area contributed by atoms with E-state index in [0.717, 1.165) is 0 Å². The van der Waals surface area contributed by atoms with Crippen LogP contribution in [0.2, 0.25) is 0 Å². The highest BCUT2D eigenvalue weighted by molar-refractivity contribution is 5.95. The minimum absolute atomic E-state index is 0.280. The third-order valence-corrected chi connectivity index (χ3v) is 4.48. The molecule has 4 rings (SSSR count). The van der Waals surface area contributed by atoms with E-state index < -0.39 is 48.4 Å². The fourth-order valence-electron chi connectivity index (χ4n) is 3.22. The van der Waals surface area contributed by atoms with Crippen molar-refractivity contribution in [1.82, 2.24) is 0 Å². The van der Waals surface area contributed by atoms with E-state index in [1.54, 1.807) is 19.1 Å². The molecule has 0 spiro atoms. The molecule has 3 heterocycles. The van der Waals surface area contributed by atoms with Crippen molar-refractivity contribution in [2.45, 2.75) is 37.4 Å². The molecule has 6 nitrogen and oxygen atoms in total. The lowest BCUT2D eigenvalue weighted by atomic mass is 9.87. The van der Waals surface area contributed by atoms with E-state index in [9.17, 15) is 14.7 Å². The Labute approximate surface area is 120 Å². The van der Waals surface area contributed by atoms with Gasteiger partial charge in [0.25, 0.3) is 0 Å². The van der Waals surface area contributed by atoms with E-state index in [1.807, 2.05) is 0 Å². The maximum atomic E-state index is 12.0. The molecule has 21 heavy (non-hydrogen) atoms. The van der Waals surface area contributed by atoms with Gasteiger partial charge in [0.05, 0.1) is 11.5 Å². The second-order valence-corrected chi connectivity index (χ2v) is 5.79. The number of esters is 2. The number of rotatable bonds is 0. The van der Waals surface area contributed by atoms with Gasteiger partial charge in [-0.3, -0.25) is 0 Å². The van der Waals surface area contributed by atoms with Crippen molar-refractivity contribution in [3.63, 3.8) is 0 Å². The topological polar surface area (TPSA) is 85.4 Å². The van der Waals surface area contributed by atoms with Crippen LogP contribution in [0.25, 0.3) is 0 Å². The standard InChI is InChI=1S/C15H14O6/c1-5-3-8-10(6(2)14(17)19-8)9-4-7(15(18)20-9)12-13(21-12)11(5)16/h3-4,8-13,16H,2H2,1H3/b5-3-/t8-,9+,10?,11?,12+,13-/m0/s1. The van der Waals surface area contributed by atoms with Gasteiger partial charge >= 0.3 is 11.9 Å². The Bertz CT molecular complexity index is 630. The van der Waals surface area contributed by atoms with Crippen LogP contribution in [0, 0.1) is 5.92 Å². The molecular formula is C15H14O6. The number of epoxide rings is 1. The molecule has 0 aromatic rings. The van der Waals surface area contributed by atoms with Crippen LogP contribution in [0.15, 0.2) is 35.5 Å². The van der Waals surface area contributed by atoms with Gasteiger partial charge in [-0.25, -0.2) is 9.59 Å². The Kier molecular flexibility index (Phi) is 2.47. The highest BCUT2D eigenvalue weighted by Gasteiger charge is 2.55. The van der Waals surface area contributed by atoms with Gasteiger partial charge in [-0.15, -0.1) is 0 Å². The van der Waals surface area contributed by atoms with Crippen molar-refractivity contribution in [2.24, 2.45) is 5.92 Å². The number of hydrogen-bond donors (Lipinski definition) is 1. The fraction of sp³-hybridized carbons (Fsp3) is 0.467. The summed E-state index contributed by atoms with van der Waals surface area (Å²) in [6.07, 6.45) is 0.450. The average molecular weight is 290 g/mol. The third kappa shape index (κ3) is 1.72. The van der Waals surface area contributed by atoms with E-state index in [4.69, 9.17) is 14.2 Å². The number of carbonyl (C=O) groups is 2. The quantitative estimate of drug-likeness (QED) is 0.293. The molecule has 0 saturated carbocycles. The summed E-state index contributed by atoms with van der Waals surface area (Å²) in [6, 6.07) is 0. The first-order valence-corrected chi connectivity index (χ1v) is 6.81. The summed E-state index contributed by atoms with van der Waals surface area (Å²) in [5, 5.41) is 10.2. The third-order valence-electron chi connectivity index (χ3n) is 4.48. The zero-order valence-electron chi connectivity index (χ0n) is 11.3. The highest BCUT2D eigenvalue weighted by Crippen LogP contribution is 2.43. The monoisotopic (exact) mass is 290 g/mol. The first kappa shape index (κ1) is 12.8. The number of hydrogen-bond acceptors (Lipinski definition) is 6. The molecule has 2 fully saturated rings. The second-order valence-electron chi connectivity index (χ2n) is 5.79. The molecule has 1 aliphatic carbocycles. The van der Waals surface area contributed by atoms with Crippen molar-refractivity contribution in [1.29, 1.82) is 0 Å². The van der Waals surface area contributed by atoms with Crippen molar-refractivity contribution < 1.29 is 28.9 Å². The molecule has 2 saturated heterocycles. The number of carbonyl (C=O) groups excluding carboxylic acids is 2. The molecule has 4 aliphatic rings. The molecule has 2 unspecified atom stereocenters. The number of aliphatic hydroxyl groups excluding tert-OH is 1. The summed E-state index contributed by atoms with van der Waals surface area (Å²) < 4.78 is 16.0. The first-order valence-electron chi connectivity index (χ1n) is 6.81. The van der Waals surface area contributed by atoms with Crippen LogP contribution in [-0.2, 0) is 23.8 Å². The Morgan fingerprint density at radius 3 is 2.57 bits per heavy atom. The molecular weight excluding hydrogens is 276 g/mol. The van der Waals surface area contributed by atoms with E-state index in [-0.39, 0.29) is 5.57 Å². The lowest BCUT2D eigenvalue weighted by Gasteiger charge is -2.21. The van der Waals surface area contributed by atoms with Gasteiger partial charge in [-0.2, -0.15) is 0 Å². The van der Waals surface area contributed by atoms with Crippen LogP contribution in [0.5, 0.6) is 0 Å². The zero-order valence-corrected chi connectivity index (χ0v) is 11.3. The Balaban J connectivity index is 1.80. The summed E-state index contributed by atoms with van der Waals surface area (Å²) in [4.78, 5) is 23.7. The predicted molar refractivity (Wildman–Crippen MR) is 68.9 cm³/mol. The fourth-order valence-corrected chi connectivity index (χ4v) is 3.22. The molecule has 0 amide bonds. The zero-order chi connectivity index (χ0) is 14.9. The molecule has 0 radical (unpaired) electrons. The summed E-state index contributed by atoms with van der Waals surface area (Å²) in [5.41, 5.74) is 1.33. The SMILES string of the molecule is C=C1C(=O)O[C@H]2/C=C(/C)C(O)[C@@H]3O[C@@H]3C3=C[C@@H](OC3=O)C12. The summed E-state index contributed by atoms with van der Waals surface area (Å²) in [7, 11) is 0. The van der Waals surface area contributed by atoms with Crippen LogP contribution >= 0.6 is 0 Å². The van der Waals surface area contributed by atoms with E-state index in [0.29, 0.717) is 11.1 Å². The van der Waals surface area contributed by atoms with Gasteiger partial charge in [0.15, 0.2) is 0 Å². The second kappa shape index (κ2) is 4.05. The lowest BCUT2D eigenvalue weighted by molar-refractivity contribution is -0.141. The molecule has 3 aliphatic heterocycles. The summed E-state index contributed by atoms with van der Waals surface area (Å²) in [5.74, 6) is -1.43. The van der Waals surface area contributed by atoms with Crippen LogP contribution in [0.1, 0.15) is 6.92 Å². The van der Waals surface area contributed by atoms with Crippen molar-refractivity contribution in [3.05, 3.63) is 35.5 Å². The minimum atomic E-state index is -0.839.